The molecule has 0 spiro atoms. The van der Waals surface area contributed by atoms with E-state index in [9.17, 15) is 8.42 Å². The molecule has 142 valence electrons. The zero-order chi connectivity index (χ0) is 18.4. The van der Waals surface area contributed by atoms with Crippen molar-refractivity contribution >= 4 is 15.7 Å². The van der Waals surface area contributed by atoms with Crippen LogP contribution in [0.3, 0.4) is 0 Å². The highest BCUT2D eigenvalue weighted by molar-refractivity contribution is 7.92. The molecular formula is C19H27N3O3S. The number of nitrogens with zero attached hydrogens (tertiary/aromatic N) is 2. The molecule has 1 saturated heterocycles. The van der Waals surface area contributed by atoms with E-state index in [1.54, 1.807) is 6.26 Å². The molecule has 26 heavy (non-hydrogen) atoms. The molecule has 0 bridgehead atoms. The third kappa shape index (κ3) is 5.59. The van der Waals surface area contributed by atoms with E-state index in [0.717, 1.165) is 45.0 Å². The minimum atomic E-state index is -3.23. The maximum absolute atomic E-state index is 11.8. The number of furan rings is 1. The first-order valence-electron chi connectivity index (χ1n) is 9.10. The fourth-order valence-corrected chi connectivity index (χ4v) is 4.30. The molecule has 0 saturated carbocycles. The number of anilines is 1. The summed E-state index contributed by atoms with van der Waals surface area (Å²) in [7, 11) is -3.23. The second-order valence-electron chi connectivity index (χ2n) is 6.75. The smallest absolute Gasteiger partial charge is 0.232 e. The van der Waals surface area contributed by atoms with Gasteiger partial charge in [-0.2, -0.15) is 0 Å². The van der Waals surface area contributed by atoms with E-state index in [-0.39, 0.29) is 5.75 Å². The molecule has 1 N–H and O–H groups in total. The van der Waals surface area contributed by atoms with Gasteiger partial charge in [0.05, 0.1) is 18.6 Å². The predicted molar refractivity (Wildman–Crippen MR) is 103 cm³/mol. The van der Waals surface area contributed by atoms with Crippen LogP contribution in [0.1, 0.15) is 24.7 Å². The van der Waals surface area contributed by atoms with Crippen LogP contribution in [0.25, 0.3) is 0 Å². The second-order valence-corrected chi connectivity index (χ2v) is 8.59. The van der Waals surface area contributed by atoms with Crippen LogP contribution in [0.4, 0.5) is 5.69 Å². The molecule has 0 radical (unpaired) electrons. The maximum atomic E-state index is 11.8. The van der Waals surface area contributed by atoms with Crippen LogP contribution < -0.4 is 4.72 Å². The van der Waals surface area contributed by atoms with Crippen LogP contribution >= 0.6 is 0 Å². The summed E-state index contributed by atoms with van der Waals surface area (Å²) >= 11 is 0. The number of sulfonamides is 1. The summed E-state index contributed by atoms with van der Waals surface area (Å²) in [4.78, 5) is 4.83. The Morgan fingerprint density at radius 3 is 2.23 bits per heavy atom. The van der Waals surface area contributed by atoms with E-state index >= 15 is 0 Å². The lowest BCUT2D eigenvalue weighted by atomic mass is 10.2. The van der Waals surface area contributed by atoms with Gasteiger partial charge in [0.15, 0.2) is 0 Å². The van der Waals surface area contributed by atoms with E-state index in [1.807, 2.05) is 43.3 Å². The fourth-order valence-electron chi connectivity index (χ4n) is 3.16. The first-order valence-corrected chi connectivity index (χ1v) is 10.8. The van der Waals surface area contributed by atoms with E-state index in [0.29, 0.717) is 12.1 Å². The SMILES string of the molecule is CCCS(=O)(=O)Nc1ccc(CN2CCN(Cc3ccco3)CC2)cc1. The number of hydrogen-bond donors (Lipinski definition) is 1. The summed E-state index contributed by atoms with van der Waals surface area (Å²) in [6.07, 6.45) is 2.33. The van der Waals surface area contributed by atoms with Gasteiger partial charge in [0.25, 0.3) is 0 Å². The van der Waals surface area contributed by atoms with Crippen LogP contribution in [0.2, 0.25) is 0 Å². The monoisotopic (exact) mass is 377 g/mol. The maximum Gasteiger partial charge on any atom is 0.232 e. The van der Waals surface area contributed by atoms with Crippen molar-refractivity contribution in [1.82, 2.24) is 9.80 Å². The third-order valence-electron chi connectivity index (χ3n) is 4.53. The van der Waals surface area contributed by atoms with E-state index < -0.39 is 10.0 Å². The van der Waals surface area contributed by atoms with Crippen molar-refractivity contribution in [3.05, 3.63) is 54.0 Å². The molecule has 1 aliphatic rings. The number of rotatable bonds is 8. The summed E-state index contributed by atoms with van der Waals surface area (Å²) in [5.74, 6) is 1.16. The average Bonchev–Trinajstić information content (AvgIpc) is 3.11. The van der Waals surface area contributed by atoms with Gasteiger partial charge in [0, 0.05) is 38.4 Å². The Hall–Kier alpha value is -1.83. The highest BCUT2D eigenvalue weighted by Crippen LogP contribution is 2.15. The highest BCUT2D eigenvalue weighted by Gasteiger charge is 2.18. The molecule has 1 fully saturated rings. The molecule has 7 heteroatoms. The van der Waals surface area contributed by atoms with E-state index in [4.69, 9.17) is 4.42 Å². The molecule has 0 aliphatic carbocycles. The molecule has 0 unspecified atom stereocenters. The van der Waals surface area contributed by atoms with Gasteiger partial charge in [0.1, 0.15) is 5.76 Å². The summed E-state index contributed by atoms with van der Waals surface area (Å²) in [6.45, 7) is 7.70. The first-order chi connectivity index (χ1) is 12.5. The molecule has 6 nitrogen and oxygen atoms in total. The number of benzene rings is 1. The molecule has 0 amide bonds. The topological polar surface area (TPSA) is 65.8 Å². The van der Waals surface area contributed by atoms with Crippen LogP contribution in [0.15, 0.2) is 47.1 Å². The lowest BCUT2D eigenvalue weighted by molar-refractivity contribution is 0.116. The van der Waals surface area contributed by atoms with Gasteiger partial charge in [-0.25, -0.2) is 8.42 Å². The molecule has 1 aromatic carbocycles. The van der Waals surface area contributed by atoms with Crippen LogP contribution in [0, 0.1) is 0 Å². The lowest BCUT2D eigenvalue weighted by Crippen LogP contribution is -2.45. The Morgan fingerprint density at radius 2 is 1.65 bits per heavy atom. The molecule has 1 aliphatic heterocycles. The minimum absolute atomic E-state index is 0.150. The van der Waals surface area contributed by atoms with Crippen molar-refractivity contribution in [3.63, 3.8) is 0 Å². The molecule has 1 aromatic heterocycles. The van der Waals surface area contributed by atoms with Crippen molar-refractivity contribution in [2.75, 3.05) is 36.7 Å². The number of nitrogens with one attached hydrogen (secondary N) is 1. The van der Waals surface area contributed by atoms with Crippen molar-refractivity contribution in [2.45, 2.75) is 26.4 Å². The zero-order valence-electron chi connectivity index (χ0n) is 15.2. The van der Waals surface area contributed by atoms with Crippen LogP contribution in [0.5, 0.6) is 0 Å². The molecular weight excluding hydrogens is 350 g/mol. The van der Waals surface area contributed by atoms with Crippen molar-refractivity contribution in [3.8, 4) is 0 Å². The summed E-state index contributed by atoms with van der Waals surface area (Å²) in [5.41, 5.74) is 1.83. The quantitative estimate of drug-likeness (QED) is 0.766. The van der Waals surface area contributed by atoms with Crippen molar-refractivity contribution < 1.29 is 12.8 Å². The zero-order valence-corrected chi connectivity index (χ0v) is 16.0. The molecule has 0 atom stereocenters. The van der Waals surface area contributed by atoms with Gasteiger partial charge < -0.3 is 4.42 Å². The number of piperazine rings is 1. The van der Waals surface area contributed by atoms with Gasteiger partial charge >= 0.3 is 0 Å². The summed E-state index contributed by atoms with van der Waals surface area (Å²) in [6, 6.07) is 11.6. The average molecular weight is 378 g/mol. The Labute approximate surface area is 155 Å². The Balaban J connectivity index is 1.46. The summed E-state index contributed by atoms with van der Waals surface area (Å²) in [5, 5.41) is 0. The van der Waals surface area contributed by atoms with Gasteiger partial charge in [0.2, 0.25) is 10.0 Å². The van der Waals surface area contributed by atoms with E-state index in [1.165, 1.54) is 5.56 Å². The van der Waals surface area contributed by atoms with Crippen LogP contribution in [-0.4, -0.2) is 50.1 Å². The Kier molecular flexibility index (Phi) is 6.34. The second kappa shape index (κ2) is 8.70. The normalized spacial score (nSPS) is 16.7. The lowest BCUT2D eigenvalue weighted by Gasteiger charge is -2.34. The van der Waals surface area contributed by atoms with Crippen molar-refractivity contribution in [1.29, 1.82) is 0 Å². The largest absolute Gasteiger partial charge is 0.468 e. The molecule has 3 rings (SSSR count). The predicted octanol–water partition coefficient (Wildman–Crippen LogP) is 2.75. The van der Waals surface area contributed by atoms with E-state index in [2.05, 4.69) is 14.5 Å². The van der Waals surface area contributed by atoms with Gasteiger partial charge in [-0.3, -0.25) is 14.5 Å². The standard InChI is InChI=1S/C19H27N3O3S/c1-2-14-26(23,24)20-18-7-5-17(6-8-18)15-21-9-11-22(12-10-21)16-19-4-3-13-25-19/h3-8,13,20H,2,9-12,14-16H2,1H3. The number of hydrogen-bond acceptors (Lipinski definition) is 5. The molecule has 2 aromatic rings. The Bertz CT molecular complexity index is 765. The van der Waals surface area contributed by atoms with Gasteiger partial charge in [-0.15, -0.1) is 0 Å². The molecule has 2 heterocycles. The minimum Gasteiger partial charge on any atom is -0.468 e. The Morgan fingerprint density at radius 1 is 1.00 bits per heavy atom. The van der Waals surface area contributed by atoms with Crippen LogP contribution in [-0.2, 0) is 23.1 Å². The van der Waals surface area contributed by atoms with Gasteiger partial charge in [-0.05, 0) is 36.2 Å². The summed E-state index contributed by atoms with van der Waals surface area (Å²) < 4.78 is 31.7. The van der Waals surface area contributed by atoms with Gasteiger partial charge in [-0.1, -0.05) is 19.1 Å². The first kappa shape index (κ1) is 18.9. The third-order valence-corrected chi connectivity index (χ3v) is 6.02. The fraction of sp³-hybridized carbons (Fsp3) is 0.474. The highest BCUT2D eigenvalue weighted by atomic mass is 32.2. The van der Waals surface area contributed by atoms with Crippen molar-refractivity contribution in [2.24, 2.45) is 0 Å².